The van der Waals surface area contributed by atoms with Crippen molar-refractivity contribution < 1.29 is 14.7 Å². The van der Waals surface area contributed by atoms with E-state index >= 15 is 0 Å². The maximum absolute atomic E-state index is 12.5. The fourth-order valence-electron chi connectivity index (χ4n) is 2.63. The molecule has 0 bridgehead atoms. The number of benzene rings is 1. The van der Waals surface area contributed by atoms with E-state index in [1.807, 2.05) is 25.6 Å². The van der Waals surface area contributed by atoms with E-state index in [1.54, 1.807) is 36.3 Å². The summed E-state index contributed by atoms with van der Waals surface area (Å²) in [7, 11) is 1.85. The van der Waals surface area contributed by atoms with Crippen molar-refractivity contribution in [3.63, 3.8) is 0 Å². The summed E-state index contributed by atoms with van der Waals surface area (Å²) in [5.41, 5.74) is 2.31. The van der Waals surface area contributed by atoms with E-state index in [4.69, 9.17) is 0 Å². The normalized spacial score (nSPS) is 13.2. The second-order valence-corrected chi connectivity index (χ2v) is 6.86. The van der Waals surface area contributed by atoms with E-state index in [2.05, 4.69) is 20.6 Å². The minimum absolute atomic E-state index is 0.00203. The van der Waals surface area contributed by atoms with Gasteiger partial charge in [-0.3, -0.25) is 4.79 Å². The van der Waals surface area contributed by atoms with Gasteiger partial charge in [-0.15, -0.1) is 0 Å². The van der Waals surface area contributed by atoms with Crippen LogP contribution in [0.1, 0.15) is 34.1 Å². The number of imidazole rings is 1. The molecule has 0 aliphatic rings. The molecule has 8 heteroatoms. The Morgan fingerprint density at radius 3 is 2.81 bits per heavy atom. The van der Waals surface area contributed by atoms with E-state index in [0.29, 0.717) is 24.2 Å². The van der Waals surface area contributed by atoms with Crippen molar-refractivity contribution in [1.82, 2.24) is 20.6 Å². The van der Waals surface area contributed by atoms with Gasteiger partial charge < -0.3 is 20.7 Å². The molecule has 1 unspecified atom stereocenters. The van der Waals surface area contributed by atoms with Crippen LogP contribution in [0.5, 0.6) is 0 Å². The third-order valence-corrected chi connectivity index (χ3v) is 4.73. The molecule has 7 nitrogen and oxygen atoms in total. The highest BCUT2D eigenvalue weighted by Crippen LogP contribution is 2.18. The number of aromatic nitrogens is 2. The van der Waals surface area contributed by atoms with Gasteiger partial charge in [-0.1, -0.05) is 12.1 Å². The monoisotopic (exact) mass is 376 g/mol. The number of carbonyl (C=O) groups excluding carboxylic acids is 1. The van der Waals surface area contributed by atoms with Crippen LogP contribution in [-0.2, 0) is 11.2 Å². The van der Waals surface area contributed by atoms with Crippen LogP contribution in [0.25, 0.3) is 0 Å². The van der Waals surface area contributed by atoms with Crippen LogP contribution in [0, 0.1) is 0 Å². The highest BCUT2D eigenvalue weighted by Gasteiger charge is 2.21. The second-order valence-electron chi connectivity index (χ2n) is 5.88. The SMILES string of the molecule is CNC(Cc1c[nH]cn1)c1cccc(C(=O)N[C@@H](CCSC)C(=O)O)c1. The Hall–Kier alpha value is -2.32. The molecule has 0 aliphatic heterocycles. The highest BCUT2D eigenvalue weighted by molar-refractivity contribution is 7.98. The lowest BCUT2D eigenvalue weighted by atomic mass is 10.00. The zero-order chi connectivity index (χ0) is 18.9. The van der Waals surface area contributed by atoms with E-state index in [-0.39, 0.29) is 11.9 Å². The van der Waals surface area contributed by atoms with Gasteiger partial charge in [-0.25, -0.2) is 9.78 Å². The summed E-state index contributed by atoms with van der Waals surface area (Å²) in [4.78, 5) is 31.0. The number of H-pyrrole nitrogens is 1. The molecular weight excluding hydrogens is 352 g/mol. The first-order valence-electron chi connectivity index (χ1n) is 8.32. The molecule has 0 saturated heterocycles. The lowest BCUT2D eigenvalue weighted by molar-refractivity contribution is -0.139. The Kier molecular flexibility index (Phi) is 7.68. The van der Waals surface area contributed by atoms with E-state index in [0.717, 1.165) is 11.3 Å². The minimum atomic E-state index is -1.02. The van der Waals surface area contributed by atoms with Crippen LogP contribution in [0.15, 0.2) is 36.8 Å². The molecule has 0 radical (unpaired) electrons. The molecule has 0 spiro atoms. The largest absolute Gasteiger partial charge is 0.480 e. The first-order chi connectivity index (χ1) is 12.5. The average molecular weight is 376 g/mol. The van der Waals surface area contributed by atoms with Crippen molar-refractivity contribution in [3.05, 3.63) is 53.6 Å². The highest BCUT2D eigenvalue weighted by atomic mass is 32.2. The van der Waals surface area contributed by atoms with Crippen molar-refractivity contribution in [3.8, 4) is 0 Å². The third-order valence-electron chi connectivity index (χ3n) is 4.08. The Balaban J connectivity index is 2.11. The van der Waals surface area contributed by atoms with E-state index < -0.39 is 12.0 Å². The zero-order valence-corrected chi connectivity index (χ0v) is 15.7. The summed E-state index contributed by atoms with van der Waals surface area (Å²) in [6.07, 6.45) is 6.44. The van der Waals surface area contributed by atoms with Gasteiger partial charge in [0.1, 0.15) is 6.04 Å². The Bertz CT molecular complexity index is 721. The van der Waals surface area contributed by atoms with Gasteiger partial charge in [0.25, 0.3) is 5.91 Å². The van der Waals surface area contributed by atoms with Gasteiger partial charge in [0.2, 0.25) is 0 Å². The maximum Gasteiger partial charge on any atom is 0.326 e. The minimum Gasteiger partial charge on any atom is -0.480 e. The number of nitrogens with one attached hydrogen (secondary N) is 3. The van der Waals surface area contributed by atoms with Gasteiger partial charge in [-0.2, -0.15) is 11.8 Å². The number of carboxylic acid groups (broad SMARTS) is 1. The Labute approximate surface area is 157 Å². The van der Waals surface area contributed by atoms with Crippen LogP contribution in [0.3, 0.4) is 0 Å². The molecule has 1 heterocycles. The number of carboxylic acids is 1. The second kappa shape index (κ2) is 9.98. The molecule has 140 valence electrons. The molecule has 1 aromatic carbocycles. The van der Waals surface area contributed by atoms with Crippen LogP contribution in [-0.4, -0.2) is 52.0 Å². The number of aliphatic carboxylic acids is 1. The number of carbonyl (C=O) groups is 2. The molecule has 1 aromatic heterocycles. The molecule has 4 N–H and O–H groups in total. The summed E-state index contributed by atoms with van der Waals surface area (Å²) in [5, 5.41) is 15.1. The standard InChI is InChI=1S/C18H24N4O3S/c1-19-16(9-14-10-20-11-21-14)12-4-3-5-13(8-12)17(23)22-15(18(24)25)6-7-26-2/h3-5,8,10-11,15-16,19H,6-7,9H2,1-2H3,(H,20,21)(H,22,23)(H,24,25)/t15-,16?/m0/s1. The Morgan fingerprint density at radius 1 is 1.38 bits per heavy atom. The van der Waals surface area contributed by atoms with Gasteiger partial charge >= 0.3 is 5.97 Å². The van der Waals surface area contributed by atoms with Crippen LogP contribution in [0.4, 0.5) is 0 Å². The molecule has 2 aromatic rings. The number of nitrogens with zero attached hydrogens (tertiary/aromatic N) is 1. The van der Waals surface area contributed by atoms with Crippen LogP contribution < -0.4 is 10.6 Å². The first kappa shape index (κ1) is 20.0. The fourth-order valence-corrected chi connectivity index (χ4v) is 3.10. The summed E-state index contributed by atoms with van der Waals surface area (Å²) < 4.78 is 0. The topological polar surface area (TPSA) is 107 Å². The Morgan fingerprint density at radius 2 is 2.19 bits per heavy atom. The number of hydrogen-bond acceptors (Lipinski definition) is 5. The van der Waals surface area contributed by atoms with Crippen molar-refractivity contribution >= 4 is 23.6 Å². The molecule has 2 rings (SSSR count). The molecule has 1 amide bonds. The van der Waals surface area contributed by atoms with Gasteiger partial charge in [-0.05, 0) is 43.2 Å². The van der Waals surface area contributed by atoms with E-state index in [1.165, 1.54) is 0 Å². The van der Waals surface area contributed by atoms with Crippen LogP contribution in [0.2, 0.25) is 0 Å². The van der Waals surface area contributed by atoms with E-state index in [9.17, 15) is 14.7 Å². The van der Waals surface area contributed by atoms with Crippen molar-refractivity contribution in [2.75, 3.05) is 19.1 Å². The van der Waals surface area contributed by atoms with Gasteiger partial charge in [0.15, 0.2) is 0 Å². The molecule has 0 aliphatic carbocycles. The summed E-state index contributed by atoms with van der Waals surface area (Å²) >= 11 is 1.55. The molecule has 26 heavy (non-hydrogen) atoms. The van der Waals surface area contributed by atoms with Gasteiger partial charge in [0.05, 0.1) is 12.0 Å². The predicted molar refractivity (Wildman–Crippen MR) is 102 cm³/mol. The third kappa shape index (κ3) is 5.60. The summed E-state index contributed by atoms with van der Waals surface area (Å²) in [5.74, 6) is -0.729. The molecule has 2 atom stereocenters. The molecular formula is C18H24N4O3S. The van der Waals surface area contributed by atoms with Crippen molar-refractivity contribution in [1.29, 1.82) is 0 Å². The van der Waals surface area contributed by atoms with Crippen molar-refractivity contribution in [2.45, 2.75) is 24.9 Å². The number of aromatic amines is 1. The zero-order valence-electron chi connectivity index (χ0n) is 14.9. The number of hydrogen-bond donors (Lipinski definition) is 4. The lowest BCUT2D eigenvalue weighted by Gasteiger charge is -2.17. The molecule has 0 fully saturated rings. The van der Waals surface area contributed by atoms with Gasteiger partial charge in [0, 0.05) is 24.2 Å². The van der Waals surface area contributed by atoms with Crippen molar-refractivity contribution in [2.24, 2.45) is 0 Å². The number of likely N-dealkylation sites (N-methyl/N-ethyl adjacent to an activating group) is 1. The molecule has 0 saturated carbocycles. The lowest BCUT2D eigenvalue weighted by Crippen LogP contribution is -2.41. The smallest absolute Gasteiger partial charge is 0.326 e. The average Bonchev–Trinajstić information content (AvgIpc) is 3.16. The fraction of sp³-hybridized carbons (Fsp3) is 0.389. The number of amides is 1. The summed E-state index contributed by atoms with van der Waals surface area (Å²) in [6, 6.07) is 6.33. The first-order valence-corrected chi connectivity index (χ1v) is 9.72. The predicted octanol–water partition coefficient (Wildman–Crippen LogP) is 1.85. The summed E-state index contributed by atoms with van der Waals surface area (Å²) in [6.45, 7) is 0. The number of rotatable bonds is 10. The quantitative estimate of drug-likeness (QED) is 0.504. The maximum atomic E-state index is 12.5. The van der Waals surface area contributed by atoms with Crippen LogP contribution >= 0.6 is 11.8 Å². The number of thioether (sulfide) groups is 1.